The molecule has 0 radical (unpaired) electrons. The van der Waals surface area contributed by atoms with Gasteiger partial charge in [-0.05, 0) is 58.5 Å². The standard InChI is InChI=1S/C21H20S/c1-3-16-12-14-17(15-13-16)22(2)20-10-6-4-8-18(20)19-9-5-7-11-21(19)22/h4-15H,3H2,1-2H3. The van der Waals surface area contributed by atoms with Gasteiger partial charge in [0.1, 0.15) is 0 Å². The number of aryl methyl sites for hydroxylation is 1. The Morgan fingerprint density at radius 3 is 1.68 bits per heavy atom. The first-order valence-corrected chi connectivity index (χ1v) is 9.85. The van der Waals surface area contributed by atoms with Crippen molar-refractivity contribution in [2.24, 2.45) is 0 Å². The molecule has 0 N–H and O–H groups in total. The van der Waals surface area contributed by atoms with Gasteiger partial charge < -0.3 is 0 Å². The van der Waals surface area contributed by atoms with E-state index in [2.05, 4.69) is 86.0 Å². The van der Waals surface area contributed by atoms with Crippen molar-refractivity contribution in [2.45, 2.75) is 28.0 Å². The molecular formula is C21H20S. The fraction of sp³-hybridized carbons (Fsp3) is 0.143. The summed E-state index contributed by atoms with van der Waals surface area (Å²) in [4.78, 5) is 4.46. The van der Waals surface area contributed by atoms with Crippen LogP contribution in [0.25, 0.3) is 11.1 Å². The van der Waals surface area contributed by atoms with E-state index in [9.17, 15) is 0 Å². The maximum absolute atomic E-state index is 2.44. The Morgan fingerprint density at radius 1 is 0.682 bits per heavy atom. The van der Waals surface area contributed by atoms with Crippen molar-refractivity contribution in [3.8, 4) is 11.1 Å². The lowest BCUT2D eigenvalue weighted by Crippen LogP contribution is -1.97. The van der Waals surface area contributed by atoms with Gasteiger partial charge in [-0.3, -0.25) is 0 Å². The van der Waals surface area contributed by atoms with E-state index in [0.29, 0.717) is 0 Å². The third kappa shape index (κ3) is 1.79. The van der Waals surface area contributed by atoms with Gasteiger partial charge in [0.15, 0.2) is 0 Å². The van der Waals surface area contributed by atoms with Gasteiger partial charge in [0.05, 0.1) is 0 Å². The summed E-state index contributed by atoms with van der Waals surface area (Å²) in [6.07, 6.45) is 3.54. The maximum atomic E-state index is 2.44. The summed E-state index contributed by atoms with van der Waals surface area (Å²) in [5.74, 6) is 0. The summed E-state index contributed by atoms with van der Waals surface area (Å²) in [7, 11) is -1.13. The largest absolute Gasteiger partial charge is 0.162 e. The van der Waals surface area contributed by atoms with E-state index < -0.39 is 10.0 Å². The van der Waals surface area contributed by atoms with Crippen LogP contribution in [0.1, 0.15) is 12.5 Å². The molecule has 0 unspecified atom stereocenters. The smallest absolute Gasteiger partial charge is 0.00582 e. The topological polar surface area (TPSA) is 0 Å². The highest BCUT2D eigenvalue weighted by molar-refractivity contribution is 8.33. The Labute approximate surface area is 134 Å². The predicted octanol–water partition coefficient (Wildman–Crippen LogP) is 6.14. The van der Waals surface area contributed by atoms with Crippen LogP contribution < -0.4 is 0 Å². The average molecular weight is 304 g/mol. The zero-order chi connectivity index (χ0) is 15.2. The molecule has 0 spiro atoms. The van der Waals surface area contributed by atoms with Crippen molar-refractivity contribution >= 4 is 10.0 Å². The van der Waals surface area contributed by atoms with Crippen LogP contribution in [0.5, 0.6) is 0 Å². The van der Waals surface area contributed by atoms with Gasteiger partial charge in [0, 0.05) is 9.79 Å². The Hall–Kier alpha value is -1.99. The molecule has 3 aromatic rings. The molecule has 0 fully saturated rings. The summed E-state index contributed by atoms with van der Waals surface area (Å²) in [6, 6.07) is 27.1. The zero-order valence-corrected chi connectivity index (χ0v) is 13.9. The third-order valence-corrected chi connectivity index (χ3v) is 8.43. The fourth-order valence-electron chi connectivity index (χ4n) is 3.46. The lowest BCUT2D eigenvalue weighted by molar-refractivity contribution is 1.13. The Morgan fingerprint density at radius 2 is 1.18 bits per heavy atom. The number of rotatable bonds is 2. The van der Waals surface area contributed by atoms with E-state index in [0.717, 1.165) is 6.42 Å². The molecule has 4 rings (SSSR count). The van der Waals surface area contributed by atoms with Gasteiger partial charge in [-0.25, -0.2) is 0 Å². The van der Waals surface area contributed by atoms with Gasteiger partial charge >= 0.3 is 0 Å². The van der Waals surface area contributed by atoms with Crippen LogP contribution in [0.4, 0.5) is 0 Å². The van der Waals surface area contributed by atoms with Crippen molar-refractivity contribution in [1.82, 2.24) is 0 Å². The first-order chi connectivity index (χ1) is 10.7. The van der Waals surface area contributed by atoms with E-state index in [1.54, 1.807) is 0 Å². The van der Waals surface area contributed by atoms with Crippen LogP contribution in [0, 0.1) is 0 Å². The minimum atomic E-state index is -1.13. The van der Waals surface area contributed by atoms with Crippen LogP contribution in [-0.4, -0.2) is 6.26 Å². The lowest BCUT2D eigenvalue weighted by Gasteiger charge is -2.34. The van der Waals surface area contributed by atoms with Crippen LogP contribution >= 0.6 is 10.0 Å². The Bertz CT molecular complexity index is 785. The molecule has 0 amide bonds. The molecule has 3 aromatic carbocycles. The Balaban J connectivity index is 2.00. The zero-order valence-electron chi connectivity index (χ0n) is 13.0. The van der Waals surface area contributed by atoms with Crippen LogP contribution in [0.15, 0.2) is 87.5 Å². The van der Waals surface area contributed by atoms with Gasteiger partial charge in [0.25, 0.3) is 0 Å². The SMILES string of the molecule is CCc1ccc(S2(C)c3ccccc3-c3ccccc32)cc1. The molecular weight excluding hydrogens is 284 g/mol. The minimum absolute atomic E-state index is 1.10. The average Bonchev–Trinajstić information content (AvgIpc) is 2.86. The maximum Gasteiger partial charge on any atom is 0.00582 e. The molecule has 0 aliphatic carbocycles. The molecule has 1 aliphatic heterocycles. The second kappa shape index (κ2) is 5.03. The second-order valence-electron chi connectivity index (χ2n) is 5.91. The van der Waals surface area contributed by atoms with Gasteiger partial charge in [-0.2, -0.15) is 10.0 Å². The van der Waals surface area contributed by atoms with Crippen molar-refractivity contribution in [2.75, 3.05) is 6.26 Å². The van der Waals surface area contributed by atoms with E-state index >= 15 is 0 Å². The summed E-state index contributed by atoms with van der Waals surface area (Å²) in [5.41, 5.74) is 4.23. The van der Waals surface area contributed by atoms with Crippen LogP contribution in [-0.2, 0) is 6.42 Å². The first kappa shape index (κ1) is 13.7. The van der Waals surface area contributed by atoms with Gasteiger partial charge in [-0.1, -0.05) is 55.5 Å². The van der Waals surface area contributed by atoms with E-state index in [4.69, 9.17) is 0 Å². The quantitative estimate of drug-likeness (QED) is 0.533. The molecule has 0 atom stereocenters. The normalized spacial score (nSPS) is 15.9. The second-order valence-corrected chi connectivity index (χ2v) is 9.10. The van der Waals surface area contributed by atoms with Crippen molar-refractivity contribution in [3.63, 3.8) is 0 Å². The Kier molecular flexibility index (Phi) is 3.12. The molecule has 110 valence electrons. The highest BCUT2D eigenvalue weighted by atomic mass is 32.3. The highest BCUT2D eigenvalue weighted by Crippen LogP contribution is 2.73. The third-order valence-electron chi connectivity index (χ3n) is 4.75. The molecule has 0 saturated heterocycles. The number of fused-ring (bicyclic) bond motifs is 3. The minimum Gasteiger partial charge on any atom is -0.162 e. The van der Waals surface area contributed by atoms with E-state index in [1.165, 1.54) is 31.4 Å². The van der Waals surface area contributed by atoms with E-state index in [1.807, 2.05) is 0 Å². The molecule has 1 heteroatoms. The fourth-order valence-corrected chi connectivity index (χ4v) is 6.82. The van der Waals surface area contributed by atoms with Gasteiger partial charge in [-0.15, -0.1) is 0 Å². The molecule has 0 saturated carbocycles. The summed E-state index contributed by atoms with van der Waals surface area (Å²) in [6.45, 7) is 2.21. The highest BCUT2D eigenvalue weighted by Gasteiger charge is 2.35. The monoisotopic (exact) mass is 304 g/mol. The van der Waals surface area contributed by atoms with Crippen LogP contribution in [0.3, 0.4) is 0 Å². The van der Waals surface area contributed by atoms with E-state index in [-0.39, 0.29) is 0 Å². The summed E-state index contributed by atoms with van der Waals surface area (Å²) >= 11 is 0. The molecule has 22 heavy (non-hydrogen) atoms. The van der Waals surface area contributed by atoms with Crippen LogP contribution in [0.2, 0.25) is 0 Å². The number of hydrogen-bond acceptors (Lipinski definition) is 0. The summed E-state index contributed by atoms with van der Waals surface area (Å²) < 4.78 is 0. The molecule has 0 aromatic heterocycles. The lowest BCUT2D eigenvalue weighted by atomic mass is 10.1. The number of hydrogen-bond donors (Lipinski definition) is 0. The molecule has 1 aliphatic rings. The molecule has 0 bridgehead atoms. The van der Waals surface area contributed by atoms with Crippen molar-refractivity contribution < 1.29 is 0 Å². The first-order valence-electron chi connectivity index (χ1n) is 7.81. The van der Waals surface area contributed by atoms with Gasteiger partial charge in [0.2, 0.25) is 0 Å². The molecule has 1 heterocycles. The predicted molar refractivity (Wildman–Crippen MR) is 96.0 cm³/mol. The summed E-state index contributed by atoms with van der Waals surface area (Å²) in [5, 5.41) is 0. The van der Waals surface area contributed by atoms with Crippen molar-refractivity contribution in [3.05, 3.63) is 78.4 Å². The number of benzene rings is 3. The molecule has 0 nitrogen and oxygen atoms in total. The van der Waals surface area contributed by atoms with Crippen molar-refractivity contribution in [1.29, 1.82) is 0 Å².